The molecular weight excluding hydrogens is 200 g/mol. The first-order chi connectivity index (χ1) is 7.81. The van der Waals surface area contributed by atoms with Crippen molar-refractivity contribution < 1.29 is 4.74 Å². The molecule has 3 nitrogen and oxygen atoms in total. The Morgan fingerprint density at radius 1 is 1.50 bits per heavy atom. The second kappa shape index (κ2) is 5.43. The number of hydrazine groups is 1. The highest BCUT2D eigenvalue weighted by atomic mass is 16.5. The van der Waals surface area contributed by atoms with Gasteiger partial charge in [0.1, 0.15) is 0 Å². The van der Waals surface area contributed by atoms with Crippen molar-refractivity contribution in [3.63, 3.8) is 0 Å². The van der Waals surface area contributed by atoms with Crippen molar-refractivity contribution in [2.45, 2.75) is 38.3 Å². The van der Waals surface area contributed by atoms with Gasteiger partial charge in [0.2, 0.25) is 0 Å². The van der Waals surface area contributed by atoms with Gasteiger partial charge in [-0.1, -0.05) is 24.3 Å². The van der Waals surface area contributed by atoms with Crippen LogP contribution in [0.1, 0.15) is 24.0 Å². The van der Waals surface area contributed by atoms with E-state index in [0.29, 0.717) is 0 Å². The zero-order valence-electron chi connectivity index (χ0n) is 9.78. The second-order valence-corrected chi connectivity index (χ2v) is 4.46. The summed E-state index contributed by atoms with van der Waals surface area (Å²) in [6.45, 7) is 3.01. The first-order valence-electron chi connectivity index (χ1n) is 5.93. The Labute approximate surface area is 97.0 Å². The van der Waals surface area contributed by atoms with Crippen molar-refractivity contribution >= 4 is 0 Å². The zero-order chi connectivity index (χ0) is 11.4. The smallest absolute Gasteiger partial charge is 0.0745 e. The fourth-order valence-electron chi connectivity index (χ4n) is 2.29. The molecule has 0 amide bonds. The van der Waals surface area contributed by atoms with E-state index in [0.717, 1.165) is 25.9 Å². The zero-order valence-corrected chi connectivity index (χ0v) is 9.78. The van der Waals surface area contributed by atoms with Crippen LogP contribution in [0.5, 0.6) is 0 Å². The van der Waals surface area contributed by atoms with Crippen LogP contribution in [0, 0.1) is 6.92 Å². The molecule has 2 rings (SSSR count). The summed E-state index contributed by atoms with van der Waals surface area (Å²) in [5.41, 5.74) is 5.56. The molecule has 88 valence electrons. The molecule has 1 aliphatic rings. The maximum absolute atomic E-state index is 5.68. The Morgan fingerprint density at radius 2 is 2.31 bits per heavy atom. The lowest BCUT2D eigenvalue weighted by molar-refractivity contribution is 0.0784. The Balaban J connectivity index is 2.03. The van der Waals surface area contributed by atoms with E-state index in [4.69, 9.17) is 10.6 Å². The highest BCUT2D eigenvalue weighted by molar-refractivity contribution is 5.26. The van der Waals surface area contributed by atoms with Gasteiger partial charge in [0.25, 0.3) is 0 Å². The molecule has 0 radical (unpaired) electrons. The Kier molecular flexibility index (Phi) is 3.93. The summed E-state index contributed by atoms with van der Waals surface area (Å²) in [7, 11) is 0. The summed E-state index contributed by atoms with van der Waals surface area (Å²) in [6, 6.07) is 8.66. The SMILES string of the molecule is Cc1ccccc1CC(NN)C1CCCO1. The van der Waals surface area contributed by atoms with Gasteiger partial charge in [-0.2, -0.15) is 0 Å². The molecule has 0 saturated carbocycles. The average molecular weight is 220 g/mol. The van der Waals surface area contributed by atoms with Crippen LogP contribution in [0.25, 0.3) is 0 Å². The molecule has 16 heavy (non-hydrogen) atoms. The minimum absolute atomic E-state index is 0.226. The van der Waals surface area contributed by atoms with Crippen LogP contribution in [0.2, 0.25) is 0 Å². The average Bonchev–Trinajstić information content (AvgIpc) is 2.81. The molecule has 0 aliphatic carbocycles. The third-order valence-corrected chi connectivity index (χ3v) is 3.33. The van der Waals surface area contributed by atoms with E-state index in [1.54, 1.807) is 0 Å². The van der Waals surface area contributed by atoms with Crippen molar-refractivity contribution in [3.05, 3.63) is 35.4 Å². The molecule has 1 aliphatic heterocycles. The lowest BCUT2D eigenvalue weighted by atomic mass is 9.97. The Hall–Kier alpha value is -0.900. The predicted octanol–water partition coefficient (Wildman–Crippen LogP) is 1.55. The maximum Gasteiger partial charge on any atom is 0.0745 e. The van der Waals surface area contributed by atoms with Crippen LogP contribution in [-0.4, -0.2) is 18.8 Å². The number of hydrogen-bond acceptors (Lipinski definition) is 3. The standard InChI is InChI=1S/C13H20N2O/c1-10-5-2-3-6-11(10)9-12(15-14)13-7-4-8-16-13/h2-3,5-6,12-13,15H,4,7-9,14H2,1H3. The summed E-state index contributed by atoms with van der Waals surface area (Å²) < 4.78 is 5.68. The first kappa shape index (κ1) is 11.6. The third kappa shape index (κ3) is 2.61. The number of nitrogens with one attached hydrogen (secondary N) is 1. The largest absolute Gasteiger partial charge is 0.377 e. The van der Waals surface area contributed by atoms with Gasteiger partial charge in [-0.05, 0) is 37.3 Å². The van der Waals surface area contributed by atoms with Crippen LogP contribution in [-0.2, 0) is 11.2 Å². The van der Waals surface area contributed by atoms with Crippen molar-refractivity contribution in [2.75, 3.05) is 6.61 Å². The third-order valence-electron chi connectivity index (χ3n) is 3.33. The van der Waals surface area contributed by atoms with Crippen LogP contribution >= 0.6 is 0 Å². The molecule has 1 heterocycles. The number of ether oxygens (including phenoxy) is 1. The van der Waals surface area contributed by atoms with Gasteiger partial charge in [-0.15, -0.1) is 0 Å². The molecule has 3 heteroatoms. The minimum Gasteiger partial charge on any atom is -0.377 e. The van der Waals surface area contributed by atoms with Crippen molar-refractivity contribution in [3.8, 4) is 0 Å². The van der Waals surface area contributed by atoms with Crippen LogP contribution in [0.4, 0.5) is 0 Å². The molecule has 1 aromatic rings. The highest BCUT2D eigenvalue weighted by Gasteiger charge is 2.25. The van der Waals surface area contributed by atoms with E-state index >= 15 is 0 Å². The quantitative estimate of drug-likeness (QED) is 0.598. The van der Waals surface area contributed by atoms with Crippen molar-refractivity contribution in [2.24, 2.45) is 5.84 Å². The Morgan fingerprint density at radius 3 is 2.94 bits per heavy atom. The van der Waals surface area contributed by atoms with Crippen LogP contribution in [0.15, 0.2) is 24.3 Å². The van der Waals surface area contributed by atoms with Gasteiger partial charge in [-0.25, -0.2) is 0 Å². The van der Waals surface area contributed by atoms with Crippen LogP contribution in [0.3, 0.4) is 0 Å². The highest BCUT2D eigenvalue weighted by Crippen LogP contribution is 2.19. The number of hydrogen-bond donors (Lipinski definition) is 2. The summed E-state index contributed by atoms with van der Waals surface area (Å²) in [4.78, 5) is 0. The first-order valence-corrected chi connectivity index (χ1v) is 5.93. The van der Waals surface area contributed by atoms with Gasteiger partial charge in [0, 0.05) is 6.61 Å². The van der Waals surface area contributed by atoms with E-state index in [9.17, 15) is 0 Å². The fraction of sp³-hybridized carbons (Fsp3) is 0.538. The van der Waals surface area contributed by atoms with E-state index in [2.05, 4.69) is 36.6 Å². The second-order valence-electron chi connectivity index (χ2n) is 4.46. The maximum atomic E-state index is 5.68. The monoisotopic (exact) mass is 220 g/mol. The Bertz CT molecular complexity index is 334. The number of rotatable bonds is 4. The fourth-order valence-corrected chi connectivity index (χ4v) is 2.29. The molecule has 0 spiro atoms. The number of nitrogens with two attached hydrogens (primary N) is 1. The number of aryl methyl sites for hydroxylation is 1. The summed E-state index contributed by atoms with van der Waals surface area (Å²) in [6.07, 6.45) is 3.47. The molecular formula is C13H20N2O. The van der Waals surface area contributed by atoms with E-state index in [1.807, 2.05) is 0 Å². The molecule has 0 bridgehead atoms. The molecule has 3 N–H and O–H groups in total. The predicted molar refractivity (Wildman–Crippen MR) is 65.0 cm³/mol. The van der Waals surface area contributed by atoms with Crippen LogP contribution < -0.4 is 11.3 Å². The topological polar surface area (TPSA) is 47.3 Å². The van der Waals surface area contributed by atoms with Gasteiger partial charge >= 0.3 is 0 Å². The van der Waals surface area contributed by atoms with Crippen molar-refractivity contribution in [1.29, 1.82) is 0 Å². The lowest BCUT2D eigenvalue weighted by Crippen LogP contribution is -2.45. The number of benzene rings is 1. The summed E-state index contributed by atoms with van der Waals surface area (Å²) >= 11 is 0. The molecule has 2 atom stereocenters. The van der Waals surface area contributed by atoms with Crippen molar-refractivity contribution in [1.82, 2.24) is 5.43 Å². The normalized spacial score (nSPS) is 22.2. The molecule has 1 fully saturated rings. The lowest BCUT2D eigenvalue weighted by Gasteiger charge is -2.22. The van der Waals surface area contributed by atoms with Gasteiger partial charge in [-0.3, -0.25) is 11.3 Å². The van der Waals surface area contributed by atoms with Gasteiger partial charge in [0.05, 0.1) is 12.1 Å². The molecule has 1 saturated heterocycles. The van der Waals surface area contributed by atoms with E-state index < -0.39 is 0 Å². The summed E-state index contributed by atoms with van der Waals surface area (Å²) in [5, 5.41) is 0. The van der Waals surface area contributed by atoms with E-state index in [1.165, 1.54) is 11.1 Å². The minimum atomic E-state index is 0.226. The molecule has 1 aromatic carbocycles. The molecule has 0 aromatic heterocycles. The van der Waals surface area contributed by atoms with Gasteiger partial charge < -0.3 is 4.74 Å². The van der Waals surface area contributed by atoms with E-state index in [-0.39, 0.29) is 12.1 Å². The van der Waals surface area contributed by atoms with Gasteiger partial charge in [0.15, 0.2) is 0 Å². The molecule has 2 unspecified atom stereocenters. The summed E-state index contributed by atoms with van der Waals surface area (Å²) in [5.74, 6) is 5.62.